The van der Waals surface area contributed by atoms with Gasteiger partial charge in [0.15, 0.2) is 0 Å². The summed E-state index contributed by atoms with van der Waals surface area (Å²) in [5.41, 5.74) is 1.45. The highest BCUT2D eigenvalue weighted by Gasteiger charge is 2.68. The SMILES string of the molecule is CCOC(=O)C1(C(F)(F)F)CC(c2cc(N)c(F)cc2Cl)=NO1. The Morgan fingerprint density at radius 1 is 1.52 bits per heavy atom. The van der Waals surface area contributed by atoms with Crippen molar-refractivity contribution in [2.75, 3.05) is 12.3 Å². The van der Waals surface area contributed by atoms with Gasteiger partial charge in [0, 0.05) is 5.56 Å². The molecular weight excluding hydrogens is 344 g/mol. The largest absolute Gasteiger partial charge is 0.463 e. The molecule has 1 aliphatic rings. The van der Waals surface area contributed by atoms with Crippen LogP contribution in [0.4, 0.5) is 23.2 Å². The number of carbonyl (C=O) groups is 1. The quantitative estimate of drug-likeness (QED) is 0.514. The van der Waals surface area contributed by atoms with Crippen LogP contribution in [0.2, 0.25) is 5.02 Å². The van der Waals surface area contributed by atoms with E-state index in [9.17, 15) is 22.4 Å². The van der Waals surface area contributed by atoms with Crippen LogP contribution in [0.25, 0.3) is 0 Å². The smallest absolute Gasteiger partial charge is 0.442 e. The topological polar surface area (TPSA) is 73.9 Å². The molecule has 0 spiro atoms. The molecule has 0 saturated heterocycles. The van der Waals surface area contributed by atoms with Crippen LogP contribution in [0.5, 0.6) is 0 Å². The number of anilines is 1. The second-order valence-corrected chi connectivity index (χ2v) is 5.11. The third-order valence-electron chi connectivity index (χ3n) is 3.19. The first-order chi connectivity index (χ1) is 10.6. The number of rotatable bonds is 3. The van der Waals surface area contributed by atoms with E-state index in [2.05, 4.69) is 14.7 Å². The molecule has 2 N–H and O–H groups in total. The summed E-state index contributed by atoms with van der Waals surface area (Å²) in [6, 6.07) is 1.87. The average Bonchev–Trinajstić information content (AvgIpc) is 2.89. The Bertz CT molecular complexity index is 678. The number of nitrogens with two attached hydrogens (primary N) is 1. The summed E-state index contributed by atoms with van der Waals surface area (Å²) in [7, 11) is 0. The molecule has 126 valence electrons. The number of hydrogen-bond acceptors (Lipinski definition) is 5. The molecule has 1 aromatic carbocycles. The summed E-state index contributed by atoms with van der Waals surface area (Å²) in [5.74, 6) is -2.44. The van der Waals surface area contributed by atoms with Gasteiger partial charge in [-0.05, 0) is 19.1 Å². The highest BCUT2D eigenvalue weighted by atomic mass is 35.5. The fourth-order valence-electron chi connectivity index (χ4n) is 1.99. The number of esters is 1. The Balaban J connectivity index is 2.40. The normalized spacial score (nSPS) is 20.9. The Hall–Kier alpha value is -2.03. The van der Waals surface area contributed by atoms with E-state index in [1.54, 1.807) is 0 Å². The summed E-state index contributed by atoms with van der Waals surface area (Å²) in [6.45, 7) is 1.09. The molecule has 1 unspecified atom stereocenters. The zero-order valence-electron chi connectivity index (χ0n) is 11.7. The number of oxime groups is 1. The second kappa shape index (κ2) is 5.88. The van der Waals surface area contributed by atoms with Crippen molar-refractivity contribution in [2.24, 2.45) is 5.16 Å². The van der Waals surface area contributed by atoms with Gasteiger partial charge in [0.1, 0.15) is 5.82 Å². The number of halogens is 5. The molecule has 23 heavy (non-hydrogen) atoms. The molecule has 0 fully saturated rings. The molecule has 1 aromatic rings. The van der Waals surface area contributed by atoms with Crippen LogP contribution < -0.4 is 5.73 Å². The first-order valence-corrected chi connectivity index (χ1v) is 6.74. The minimum atomic E-state index is -5.07. The van der Waals surface area contributed by atoms with Gasteiger partial charge in [-0.2, -0.15) is 13.2 Å². The number of ether oxygens (including phenoxy) is 1. The number of benzene rings is 1. The van der Waals surface area contributed by atoms with Crippen molar-refractivity contribution in [3.05, 3.63) is 28.5 Å². The summed E-state index contributed by atoms with van der Waals surface area (Å²) in [4.78, 5) is 16.1. The lowest BCUT2D eigenvalue weighted by molar-refractivity contribution is -0.269. The first-order valence-electron chi connectivity index (χ1n) is 6.36. The van der Waals surface area contributed by atoms with Crippen molar-refractivity contribution in [1.82, 2.24) is 0 Å². The molecule has 0 amide bonds. The van der Waals surface area contributed by atoms with E-state index in [0.717, 1.165) is 12.1 Å². The first kappa shape index (κ1) is 17.3. The summed E-state index contributed by atoms with van der Waals surface area (Å²) >= 11 is 5.80. The van der Waals surface area contributed by atoms with Gasteiger partial charge in [0.25, 0.3) is 0 Å². The van der Waals surface area contributed by atoms with E-state index >= 15 is 0 Å². The Kier molecular flexibility index (Phi) is 4.43. The summed E-state index contributed by atoms with van der Waals surface area (Å²) < 4.78 is 57.6. The summed E-state index contributed by atoms with van der Waals surface area (Å²) in [6.07, 6.45) is -6.03. The molecule has 0 aromatic heterocycles. The molecule has 0 aliphatic carbocycles. The molecule has 0 bridgehead atoms. The Labute approximate surface area is 133 Å². The van der Waals surface area contributed by atoms with Crippen LogP contribution in [0.1, 0.15) is 18.9 Å². The lowest BCUT2D eigenvalue weighted by atomic mass is 9.93. The Morgan fingerprint density at radius 3 is 2.74 bits per heavy atom. The maximum absolute atomic E-state index is 13.3. The van der Waals surface area contributed by atoms with Crippen LogP contribution in [0, 0.1) is 5.82 Å². The van der Waals surface area contributed by atoms with Gasteiger partial charge in [-0.1, -0.05) is 16.8 Å². The van der Waals surface area contributed by atoms with Crippen LogP contribution in [-0.2, 0) is 14.4 Å². The number of carbonyl (C=O) groups excluding carboxylic acids is 1. The number of nitrogen functional groups attached to an aromatic ring is 1. The molecule has 5 nitrogen and oxygen atoms in total. The third kappa shape index (κ3) is 2.92. The number of hydrogen-bond donors (Lipinski definition) is 1. The van der Waals surface area contributed by atoms with E-state index in [4.69, 9.17) is 17.3 Å². The predicted molar refractivity (Wildman–Crippen MR) is 73.5 cm³/mol. The fourth-order valence-corrected chi connectivity index (χ4v) is 2.25. The van der Waals surface area contributed by atoms with Crippen LogP contribution >= 0.6 is 11.6 Å². The molecular formula is C13H11ClF4N2O3. The van der Waals surface area contributed by atoms with E-state index < -0.39 is 30.0 Å². The molecule has 1 aliphatic heterocycles. The van der Waals surface area contributed by atoms with Crippen molar-refractivity contribution in [1.29, 1.82) is 0 Å². The number of nitrogens with zero attached hydrogens (tertiary/aromatic N) is 1. The lowest BCUT2D eigenvalue weighted by Gasteiger charge is -2.26. The molecule has 2 rings (SSSR count). The van der Waals surface area contributed by atoms with Gasteiger partial charge in [0.2, 0.25) is 0 Å². The van der Waals surface area contributed by atoms with Gasteiger partial charge >= 0.3 is 17.7 Å². The van der Waals surface area contributed by atoms with Crippen LogP contribution in [0.3, 0.4) is 0 Å². The second-order valence-electron chi connectivity index (χ2n) is 4.70. The maximum Gasteiger partial charge on any atom is 0.442 e. The highest BCUT2D eigenvalue weighted by molar-refractivity contribution is 6.34. The van der Waals surface area contributed by atoms with Crippen molar-refractivity contribution < 1.29 is 31.9 Å². The molecule has 0 radical (unpaired) electrons. The minimum absolute atomic E-state index is 0.0546. The van der Waals surface area contributed by atoms with Crippen molar-refractivity contribution in [3.8, 4) is 0 Å². The predicted octanol–water partition coefficient (Wildman–Crippen LogP) is 3.05. The standard InChI is InChI=1S/C13H11ClF4N2O3/c1-2-22-11(21)12(13(16,17)18)5-10(20-23-12)6-3-9(19)8(15)4-7(6)14/h3-4H,2,5,19H2,1H3. The molecule has 1 heterocycles. The monoisotopic (exact) mass is 354 g/mol. The molecule has 0 saturated carbocycles. The maximum atomic E-state index is 13.3. The average molecular weight is 355 g/mol. The van der Waals surface area contributed by atoms with Gasteiger partial charge in [-0.3, -0.25) is 0 Å². The van der Waals surface area contributed by atoms with Crippen LogP contribution in [-0.4, -0.2) is 30.1 Å². The third-order valence-corrected chi connectivity index (χ3v) is 3.50. The zero-order valence-corrected chi connectivity index (χ0v) is 12.5. The van der Waals surface area contributed by atoms with E-state index in [1.807, 2.05) is 0 Å². The Morgan fingerprint density at radius 2 is 2.17 bits per heavy atom. The van der Waals surface area contributed by atoms with Gasteiger partial charge in [-0.25, -0.2) is 9.18 Å². The van der Waals surface area contributed by atoms with Crippen molar-refractivity contribution in [3.63, 3.8) is 0 Å². The number of alkyl halides is 3. The lowest BCUT2D eigenvalue weighted by Crippen LogP contribution is -2.53. The van der Waals surface area contributed by atoms with Gasteiger partial charge in [-0.15, -0.1) is 0 Å². The van der Waals surface area contributed by atoms with E-state index in [0.29, 0.717) is 0 Å². The van der Waals surface area contributed by atoms with Gasteiger partial charge in [0.05, 0.1) is 29.4 Å². The summed E-state index contributed by atoms with van der Waals surface area (Å²) in [5, 5.41) is 3.09. The molecule has 1 atom stereocenters. The van der Waals surface area contributed by atoms with Gasteiger partial charge < -0.3 is 15.3 Å². The fraction of sp³-hybridized carbons (Fsp3) is 0.385. The zero-order chi connectivity index (χ0) is 17.4. The van der Waals surface area contributed by atoms with Crippen molar-refractivity contribution >= 4 is 29.0 Å². The molecule has 10 heteroatoms. The van der Waals surface area contributed by atoms with Crippen molar-refractivity contribution in [2.45, 2.75) is 25.1 Å². The minimum Gasteiger partial charge on any atom is -0.463 e. The highest BCUT2D eigenvalue weighted by Crippen LogP contribution is 2.43. The van der Waals surface area contributed by atoms with E-state index in [1.165, 1.54) is 6.92 Å². The van der Waals surface area contributed by atoms with Crippen LogP contribution in [0.15, 0.2) is 17.3 Å². The van der Waals surface area contributed by atoms with E-state index in [-0.39, 0.29) is 28.6 Å².